The topological polar surface area (TPSA) is 0 Å². The smallest absolute Gasteiger partial charge is 0.0713 e. The van der Waals surface area contributed by atoms with Gasteiger partial charge in [0.2, 0.25) is 0 Å². The summed E-state index contributed by atoms with van der Waals surface area (Å²) in [6.45, 7) is 2.06. The molecule has 0 bridgehead atoms. The first-order valence-electron chi connectivity index (χ1n) is 2.15. The fourth-order valence-electron chi connectivity index (χ4n) is 0.471. The number of halogens is 1. The second-order valence-corrected chi connectivity index (χ2v) is 4.37. The molecule has 0 fully saturated rings. The van der Waals surface area contributed by atoms with Crippen LogP contribution in [0.1, 0.15) is 4.88 Å². The maximum Gasteiger partial charge on any atom is 0.0713 e. The lowest BCUT2D eigenvalue weighted by Gasteiger charge is -1.76. The zero-order chi connectivity index (χ0) is 6.15. The third-order valence-corrected chi connectivity index (χ3v) is 3.35. The molecule has 44 valence electrons. The van der Waals surface area contributed by atoms with E-state index >= 15 is 0 Å². The summed E-state index contributed by atoms with van der Waals surface area (Å²) in [6.07, 6.45) is 0. The molecule has 0 atom stereocenters. The fourth-order valence-corrected chi connectivity index (χ4v) is 2.34. The molecule has 0 N–H and O–H groups in total. The molecule has 1 aromatic heterocycles. The van der Waals surface area contributed by atoms with Crippen LogP contribution in [-0.4, -0.2) is 0 Å². The van der Waals surface area contributed by atoms with Crippen LogP contribution in [-0.2, 0) is 0 Å². The van der Waals surface area contributed by atoms with E-state index in [-0.39, 0.29) is 0 Å². The minimum absolute atomic E-state index is 1.06. The Morgan fingerprint density at radius 1 is 1.75 bits per heavy atom. The molecule has 1 heterocycles. The number of thiol groups is 1. The normalized spacial score (nSPS) is 9.88. The summed E-state index contributed by atoms with van der Waals surface area (Å²) in [6, 6.07) is 2.06. The van der Waals surface area contributed by atoms with Crippen LogP contribution in [0.3, 0.4) is 0 Å². The van der Waals surface area contributed by atoms with Crippen molar-refractivity contribution in [3.8, 4) is 0 Å². The fraction of sp³-hybridized carbons (Fsp3) is 0.200. The molecule has 0 aromatic carbocycles. The van der Waals surface area contributed by atoms with Crippen molar-refractivity contribution in [2.75, 3.05) is 0 Å². The maximum absolute atomic E-state index is 4.19. The Morgan fingerprint density at radius 3 is 2.50 bits per heavy atom. The van der Waals surface area contributed by atoms with Gasteiger partial charge in [-0.05, 0) is 28.9 Å². The van der Waals surface area contributed by atoms with Crippen LogP contribution in [0, 0.1) is 6.92 Å². The first-order valence-corrected chi connectivity index (χ1v) is 4.20. The molecule has 0 saturated heterocycles. The molecule has 0 aliphatic carbocycles. The van der Waals surface area contributed by atoms with Gasteiger partial charge in [-0.25, -0.2) is 0 Å². The first-order chi connectivity index (χ1) is 3.70. The van der Waals surface area contributed by atoms with Crippen LogP contribution >= 0.6 is 39.9 Å². The second kappa shape index (κ2) is 2.42. The Hall–Kier alpha value is 0.530. The molecule has 0 amide bonds. The Morgan fingerprint density at radius 2 is 2.38 bits per heavy atom. The minimum Gasteiger partial charge on any atom is -0.133 e. The van der Waals surface area contributed by atoms with Crippen molar-refractivity contribution in [3.63, 3.8) is 0 Å². The van der Waals surface area contributed by atoms with E-state index in [1.807, 2.05) is 0 Å². The molecule has 1 aromatic rings. The summed E-state index contributed by atoms with van der Waals surface area (Å²) in [5, 5.41) is 0. The van der Waals surface area contributed by atoms with Crippen LogP contribution in [0.4, 0.5) is 0 Å². The molecule has 3 heteroatoms. The summed E-state index contributed by atoms with van der Waals surface area (Å²) in [7, 11) is 0. The van der Waals surface area contributed by atoms with E-state index in [1.54, 1.807) is 11.3 Å². The highest BCUT2D eigenvalue weighted by molar-refractivity contribution is 9.10. The van der Waals surface area contributed by atoms with Gasteiger partial charge in [0, 0.05) is 9.35 Å². The van der Waals surface area contributed by atoms with Gasteiger partial charge in [0.25, 0.3) is 0 Å². The zero-order valence-corrected chi connectivity index (χ0v) is 7.61. The van der Waals surface area contributed by atoms with Gasteiger partial charge in [0.1, 0.15) is 0 Å². The summed E-state index contributed by atoms with van der Waals surface area (Å²) in [5.74, 6) is 0. The quantitative estimate of drug-likeness (QED) is 0.623. The number of aryl methyl sites for hydroxylation is 1. The average molecular weight is 209 g/mol. The minimum atomic E-state index is 1.06. The summed E-state index contributed by atoms with van der Waals surface area (Å²) in [5.41, 5.74) is 0. The van der Waals surface area contributed by atoms with E-state index in [0.29, 0.717) is 0 Å². The molecule has 0 aliphatic heterocycles. The standard InChI is InChI=1S/C5H5BrS2/c1-3-2-4(6)5(7)8-3/h2,7H,1H3. The monoisotopic (exact) mass is 208 g/mol. The van der Waals surface area contributed by atoms with Crippen molar-refractivity contribution >= 4 is 39.9 Å². The summed E-state index contributed by atoms with van der Waals surface area (Å²) < 4.78 is 2.16. The molecule has 0 aliphatic rings. The lowest BCUT2D eigenvalue weighted by molar-refractivity contribution is 1.59. The van der Waals surface area contributed by atoms with Crippen LogP contribution in [0.5, 0.6) is 0 Å². The van der Waals surface area contributed by atoms with E-state index in [0.717, 1.165) is 8.68 Å². The van der Waals surface area contributed by atoms with Crippen LogP contribution in [0.25, 0.3) is 0 Å². The third-order valence-electron chi connectivity index (χ3n) is 0.792. The highest BCUT2D eigenvalue weighted by atomic mass is 79.9. The maximum atomic E-state index is 4.19. The van der Waals surface area contributed by atoms with Gasteiger partial charge in [-0.15, -0.1) is 24.0 Å². The molecule has 0 saturated carbocycles. The Balaban J connectivity index is 3.14. The number of hydrogen-bond acceptors (Lipinski definition) is 2. The van der Waals surface area contributed by atoms with Gasteiger partial charge < -0.3 is 0 Å². The van der Waals surface area contributed by atoms with Crippen molar-refractivity contribution in [2.24, 2.45) is 0 Å². The summed E-state index contributed by atoms with van der Waals surface area (Å²) in [4.78, 5) is 1.29. The molecule has 1 rings (SSSR count). The van der Waals surface area contributed by atoms with Crippen LogP contribution < -0.4 is 0 Å². The zero-order valence-electron chi connectivity index (χ0n) is 4.31. The third kappa shape index (κ3) is 1.27. The summed E-state index contributed by atoms with van der Waals surface area (Å²) >= 11 is 9.23. The van der Waals surface area contributed by atoms with E-state index in [2.05, 4.69) is 41.5 Å². The van der Waals surface area contributed by atoms with E-state index < -0.39 is 0 Å². The Bertz CT molecular complexity index is 173. The Kier molecular flexibility index (Phi) is 2.01. The molecule has 0 unspecified atom stereocenters. The van der Waals surface area contributed by atoms with Crippen molar-refractivity contribution in [3.05, 3.63) is 15.4 Å². The van der Waals surface area contributed by atoms with Gasteiger partial charge in [0.05, 0.1) is 4.21 Å². The lowest BCUT2D eigenvalue weighted by Crippen LogP contribution is -1.48. The number of thiophene rings is 1. The molecular weight excluding hydrogens is 204 g/mol. The van der Waals surface area contributed by atoms with E-state index in [4.69, 9.17) is 0 Å². The highest BCUT2D eigenvalue weighted by Crippen LogP contribution is 2.29. The molecule has 0 radical (unpaired) electrons. The van der Waals surface area contributed by atoms with Crippen molar-refractivity contribution in [2.45, 2.75) is 11.1 Å². The predicted molar refractivity (Wildman–Crippen MR) is 44.0 cm³/mol. The second-order valence-electron chi connectivity index (χ2n) is 1.51. The van der Waals surface area contributed by atoms with Gasteiger partial charge in [-0.2, -0.15) is 0 Å². The largest absolute Gasteiger partial charge is 0.133 e. The molecule has 0 nitrogen and oxygen atoms in total. The van der Waals surface area contributed by atoms with E-state index in [9.17, 15) is 0 Å². The van der Waals surface area contributed by atoms with E-state index in [1.165, 1.54) is 4.88 Å². The van der Waals surface area contributed by atoms with Crippen molar-refractivity contribution in [1.82, 2.24) is 0 Å². The Labute approximate surface area is 66.5 Å². The van der Waals surface area contributed by atoms with Gasteiger partial charge in [-0.1, -0.05) is 0 Å². The number of rotatable bonds is 0. The van der Waals surface area contributed by atoms with Crippen LogP contribution in [0.15, 0.2) is 14.7 Å². The van der Waals surface area contributed by atoms with Crippen LogP contribution in [0.2, 0.25) is 0 Å². The van der Waals surface area contributed by atoms with Gasteiger partial charge >= 0.3 is 0 Å². The van der Waals surface area contributed by atoms with Crippen molar-refractivity contribution < 1.29 is 0 Å². The lowest BCUT2D eigenvalue weighted by atomic mass is 10.5. The van der Waals surface area contributed by atoms with Crippen molar-refractivity contribution in [1.29, 1.82) is 0 Å². The SMILES string of the molecule is Cc1cc(Br)c(S)s1. The average Bonchev–Trinajstić information content (AvgIpc) is 1.85. The molecular formula is C5H5BrS2. The molecule has 8 heavy (non-hydrogen) atoms. The highest BCUT2D eigenvalue weighted by Gasteiger charge is 1.96. The molecule has 0 spiro atoms. The van der Waals surface area contributed by atoms with Gasteiger partial charge in [0.15, 0.2) is 0 Å². The van der Waals surface area contributed by atoms with Gasteiger partial charge in [-0.3, -0.25) is 0 Å². The number of hydrogen-bond donors (Lipinski definition) is 1. The first kappa shape index (κ1) is 6.65. The predicted octanol–water partition coefficient (Wildman–Crippen LogP) is 3.11.